The van der Waals surface area contributed by atoms with Crippen LogP contribution in [0.4, 0.5) is 105 Å². The molecule has 1 nitrogen and oxygen atoms in total. The van der Waals surface area contributed by atoms with Crippen LogP contribution < -0.4 is 91.3 Å². The van der Waals surface area contributed by atoms with Crippen LogP contribution in [0.15, 0.2) is 328 Å². The number of hydrogen-bond acceptors (Lipinski definition) is 1. The van der Waals surface area contributed by atoms with Gasteiger partial charge in [-0.2, -0.15) is 143 Å². The molecule has 0 aromatic heterocycles. The van der Waals surface area contributed by atoms with Gasteiger partial charge in [-0.25, -0.2) is 8.80 Å². The number of halogens is 24. The summed E-state index contributed by atoms with van der Waals surface area (Å²) in [6.07, 6.45) is -54.8. The van der Waals surface area contributed by atoms with Crippen molar-refractivity contribution in [1.29, 1.82) is 0 Å². The van der Waals surface area contributed by atoms with Crippen LogP contribution in [-0.4, -0.2) is 14.9 Å². The van der Waals surface area contributed by atoms with E-state index >= 15 is 0 Å². The maximum Gasteiger partial charge on any atom is 2.00 e. The fraction of sp³-hybridized carbons (Fsp3) is 0.0930. The summed E-state index contributed by atoms with van der Waals surface area (Å²) < 4.78 is 341. The minimum absolute atomic E-state index is 0. The smallest absolute Gasteiger partial charge is 0.344 e. The monoisotopic (exact) mass is 1750 g/mol. The summed E-state index contributed by atoms with van der Waals surface area (Å²) >= 11 is 0. The summed E-state index contributed by atoms with van der Waals surface area (Å²) in [5.74, 6) is 0. The maximum absolute atomic E-state index is 14.2. The van der Waals surface area contributed by atoms with E-state index in [1.807, 2.05) is 0 Å². The van der Waals surface area contributed by atoms with Crippen molar-refractivity contribution in [1.82, 2.24) is 6.15 Å². The molecule has 0 saturated carbocycles. The SMILES string of the molecule is FC(F)(F)c1cc([B-](c2cc(C(F)(F)F)cc(C(F)(F)F)c2)(c2cc(C(F)(F)F)cc(C(F)(F)F)c2)c2cc(C(F)(F)F)cc(C(F)(F)F)c2)cc(C(F)(F)F)c1.N.[Fe+2].c1ccc(P(c2ccccc2)c2ccccc2[Si-](c2ccccc2P(c2ccccc2)c2ccccc2)c2ccccc2P(c2ccccc2)c2ccccc2)cc1. The van der Waals surface area contributed by atoms with Gasteiger partial charge in [0.2, 0.25) is 0 Å². The number of alkyl halides is 24. The van der Waals surface area contributed by atoms with Gasteiger partial charge in [0.15, 0.2) is 0 Å². The molecular formula is C86H57BF24FeNP3Si. The van der Waals surface area contributed by atoms with Crippen molar-refractivity contribution in [2.45, 2.75) is 49.4 Å². The fourth-order valence-corrected chi connectivity index (χ4v) is 25.6. The first kappa shape index (κ1) is 89.6. The van der Waals surface area contributed by atoms with Crippen molar-refractivity contribution in [3.63, 3.8) is 0 Å². The number of benzene rings is 13. The third kappa shape index (κ3) is 20.2. The van der Waals surface area contributed by atoms with E-state index in [0.717, 1.165) is 0 Å². The van der Waals surface area contributed by atoms with Crippen LogP contribution in [0.25, 0.3) is 0 Å². The Kier molecular flexibility index (Phi) is 27.1. The first-order chi connectivity index (χ1) is 54.1. The predicted molar refractivity (Wildman–Crippen MR) is 415 cm³/mol. The van der Waals surface area contributed by atoms with Gasteiger partial charge in [0, 0.05) is 0 Å². The molecule has 13 aromatic carbocycles. The van der Waals surface area contributed by atoms with Crippen LogP contribution in [0.2, 0.25) is 0 Å². The number of rotatable bonds is 16. The normalized spacial score (nSPS) is 12.5. The molecular weight excluding hydrogens is 1690 g/mol. The first-order valence-corrected chi connectivity index (χ1v) is 39.9. The van der Waals surface area contributed by atoms with Gasteiger partial charge in [0.25, 0.3) is 0 Å². The molecule has 0 saturated heterocycles. The van der Waals surface area contributed by atoms with Gasteiger partial charge in [0.05, 0.1) is 44.5 Å². The molecule has 3 N–H and O–H groups in total. The molecule has 0 aliphatic carbocycles. The molecule has 0 bridgehead atoms. The molecule has 0 unspecified atom stereocenters. The van der Waals surface area contributed by atoms with Crippen molar-refractivity contribution in [2.75, 3.05) is 0 Å². The van der Waals surface area contributed by atoms with Crippen molar-refractivity contribution in [2.24, 2.45) is 0 Å². The molecule has 13 aromatic rings. The predicted octanol–water partition coefficient (Wildman–Crippen LogP) is 18.9. The molecule has 0 aliphatic rings. The van der Waals surface area contributed by atoms with Crippen molar-refractivity contribution in [3.05, 3.63) is 372 Å². The Morgan fingerprint density at radius 2 is 0.325 bits per heavy atom. The third-order valence-electron chi connectivity index (χ3n) is 18.8. The molecule has 117 heavy (non-hydrogen) atoms. The summed E-state index contributed by atoms with van der Waals surface area (Å²) in [7, 11) is -4.30. The molecule has 0 fully saturated rings. The zero-order valence-electron chi connectivity index (χ0n) is 59.7. The van der Waals surface area contributed by atoms with Gasteiger partial charge >= 0.3 is 66.5 Å². The summed E-state index contributed by atoms with van der Waals surface area (Å²) in [6.45, 7) is 0. The molecule has 13 rings (SSSR count). The average molecular weight is 1750 g/mol. The maximum atomic E-state index is 14.2. The van der Waals surface area contributed by atoms with Crippen molar-refractivity contribution >= 4 is 124 Å². The van der Waals surface area contributed by atoms with Gasteiger partial charge in [-0.1, -0.05) is 303 Å². The first-order valence-electron chi connectivity index (χ1n) is 34.3. The van der Waals surface area contributed by atoms with Crippen LogP contribution in [0, 0.1) is 0 Å². The van der Waals surface area contributed by atoms with E-state index in [4.69, 9.17) is 0 Å². The molecule has 0 radical (unpaired) electrons. The fourth-order valence-electron chi connectivity index (χ4n) is 13.9. The summed E-state index contributed by atoms with van der Waals surface area (Å²) in [5, 5.41) is 16.9. The second kappa shape index (κ2) is 35.4. The largest absolute Gasteiger partial charge is 2.00 e. The zero-order chi connectivity index (χ0) is 82.8. The summed E-state index contributed by atoms with van der Waals surface area (Å²) in [4.78, 5) is 0. The van der Waals surface area contributed by atoms with Crippen molar-refractivity contribution < 1.29 is 122 Å². The number of hydrogen-bond donors (Lipinski definition) is 1. The van der Waals surface area contributed by atoms with E-state index in [9.17, 15) is 105 Å². The molecule has 0 spiro atoms. The Balaban J connectivity index is 0.000000243. The Morgan fingerprint density at radius 3 is 0.470 bits per heavy atom. The van der Waals surface area contributed by atoms with E-state index in [0.29, 0.717) is 0 Å². The molecule has 31 heteroatoms. The Bertz CT molecular complexity index is 4680. The molecule has 0 amide bonds. The Morgan fingerprint density at radius 1 is 0.188 bits per heavy atom. The summed E-state index contributed by atoms with van der Waals surface area (Å²) in [6, 6.07) is 86.8. The van der Waals surface area contributed by atoms with E-state index < -0.39 is 227 Å². The van der Waals surface area contributed by atoms with Crippen LogP contribution >= 0.6 is 23.8 Å². The summed E-state index contributed by atoms with van der Waals surface area (Å²) in [5.41, 5.74) is -30.2. The molecule has 0 atom stereocenters. The quantitative estimate of drug-likeness (QED) is 0.0445. The third-order valence-corrected chi connectivity index (χ3v) is 29.8. The van der Waals surface area contributed by atoms with Crippen LogP contribution in [-0.2, 0) is 66.5 Å². The zero-order valence-corrected chi connectivity index (χ0v) is 64.5. The minimum Gasteiger partial charge on any atom is -0.344 e. The van der Waals surface area contributed by atoms with Crippen LogP contribution in [0.1, 0.15) is 44.5 Å². The molecule has 0 aliphatic heterocycles. The molecule has 604 valence electrons. The van der Waals surface area contributed by atoms with Gasteiger partial charge in [-0.3, -0.25) is 0 Å². The van der Waals surface area contributed by atoms with E-state index in [1.165, 1.54) is 63.3 Å². The van der Waals surface area contributed by atoms with E-state index in [2.05, 4.69) is 255 Å². The Hall–Kier alpha value is -9.77. The minimum atomic E-state index is -6.13. The Labute approximate surface area is 670 Å². The van der Waals surface area contributed by atoms with Crippen molar-refractivity contribution in [3.8, 4) is 0 Å². The van der Waals surface area contributed by atoms with E-state index in [1.54, 1.807) is 0 Å². The second-order valence-corrected chi connectivity index (χ2v) is 35.1. The van der Waals surface area contributed by atoms with Gasteiger partial charge in [-0.15, -0.1) is 0 Å². The molecule has 0 heterocycles. The van der Waals surface area contributed by atoms with Gasteiger partial charge in [-0.05, 0) is 95.8 Å². The van der Waals surface area contributed by atoms with Crippen LogP contribution in [0.3, 0.4) is 0 Å². The van der Waals surface area contributed by atoms with Gasteiger partial charge < -0.3 is 6.15 Å². The second-order valence-electron chi connectivity index (χ2n) is 26.2. The van der Waals surface area contributed by atoms with Gasteiger partial charge in [0.1, 0.15) is 6.15 Å². The van der Waals surface area contributed by atoms with E-state index in [-0.39, 0.29) is 23.2 Å². The topological polar surface area (TPSA) is 35.0 Å². The van der Waals surface area contributed by atoms with Crippen LogP contribution in [0.5, 0.6) is 0 Å². The average Bonchev–Trinajstić information content (AvgIpc) is 0.705. The standard InChI is InChI=1S/C54H42P3Si.C32H12BF24.Fe.H3N/c1-7-25-43(26-8-1)55(44-27-9-2-10-28-44)49-37-19-22-40-52(49)58(53-41-23-20-38-50(53)56(45-29-11-3-12-30-45)46-31-13-4-14-32-46)54-42-24-21-39-51(54)57(47-33-15-5-16-34-47)48-35-17-6-18-36-48;34-25(35,36)13-1-14(26(37,38)39)6-21(5-13)33(22-7-15(27(40,41)42)2-16(8-22)28(43,44)45,23-9-17(29(46,47)48)3-18(10-23)30(49,50)51)24-11-19(31(52,53)54)4-20(12-24)32(55,56)57;;/h1-42H;1-12H;;1H3/q2*-1;+2;.